The van der Waals surface area contributed by atoms with Crippen LogP contribution in [0.15, 0.2) is 18.2 Å². The van der Waals surface area contributed by atoms with Gasteiger partial charge in [-0.15, -0.1) is 0 Å². The Kier molecular flexibility index (Phi) is 4.78. The van der Waals surface area contributed by atoms with Gasteiger partial charge in [0.1, 0.15) is 12.0 Å². The van der Waals surface area contributed by atoms with Crippen LogP contribution in [0.25, 0.3) is 0 Å². The van der Waals surface area contributed by atoms with Crippen LogP contribution in [0.2, 0.25) is 5.02 Å². The molecule has 1 atom stereocenters. The third kappa shape index (κ3) is 3.96. The molecule has 6 heteroatoms. The van der Waals surface area contributed by atoms with Crippen LogP contribution < -0.4 is 10.1 Å². The van der Waals surface area contributed by atoms with Crippen LogP contribution in [0, 0.1) is 0 Å². The second-order valence-corrected chi connectivity index (χ2v) is 3.77. The maximum Gasteiger partial charge on any atom is 0.405 e. The number of rotatable bonds is 5. The molecule has 0 aliphatic carbocycles. The van der Waals surface area contributed by atoms with Crippen LogP contribution >= 0.6 is 11.6 Å². The Hall–Kier alpha value is -1.75. The van der Waals surface area contributed by atoms with E-state index in [9.17, 15) is 9.59 Å². The van der Waals surface area contributed by atoms with Crippen molar-refractivity contribution in [2.45, 2.75) is 12.5 Å². The predicted octanol–water partition coefficient (Wildman–Crippen LogP) is 1.73. The lowest BCUT2D eigenvalue weighted by Gasteiger charge is -2.11. The lowest BCUT2D eigenvalue weighted by atomic mass is 10.1. The number of carbonyl (C=O) groups is 2. The number of halogens is 1. The van der Waals surface area contributed by atoms with E-state index < -0.39 is 12.1 Å². The molecule has 0 saturated carbocycles. The minimum Gasteiger partial charge on any atom is -0.495 e. The third-order valence-electron chi connectivity index (χ3n) is 2.14. The summed E-state index contributed by atoms with van der Waals surface area (Å²) in [6.45, 7) is 0. The summed E-state index contributed by atoms with van der Waals surface area (Å²) in [4.78, 5) is 21.1. The number of hydrogen-bond donors (Lipinski definition) is 2. The van der Waals surface area contributed by atoms with Crippen molar-refractivity contribution in [3.05, 3.63) is 28.8 Å². The van der Waals surface area contributed by atoms with E-state index in [2.05, 4.69) is 5.32 Å². The van der Waals surface area contributed by atoms with Gasteiger partial charge in [0.05, 0.1) is 18.2 Å². The monoisotopic (exact) mass is 257 g/mol. The highest BCUT2D eigenvalue weighted by Crippen LogP contribution is 2.25. The Morgan fingerprint density at radius 1 is 1.65 bits per heavy atom. The molecule has 1 aromatic carbocycles. The second-order valence-electron chi connectivity index (χ2n) is 3.37. The molecule has 0 radical (unpaired) electrons. The summed E-state index contributed by atoms with van der Waals surface area (Å²) in [5.41, 5.74) is 0.752. The third-order valence-corrected chi connectivity index (χ3v) is 2.44. The van der Waals surface area contributed by atoms with E-state index in [0.29, 0.717) is 17.1 Å². The van der Waals surface area contributed by atoms with E-state index in [1.54, 1.807) is 18.2 Å². The number of carbonyl (C=O) groups excluding carboxylic acids is 1. The van der Waals surface area contributed by atoms with Crippen LogP contribution in [-0.4, -0.2) is 30.6 Å². The molecule has 0 spiro atoms. The molecule has 0 heterocycles. The SMILES string of the molecule is COc1ccc(CC(C=O)NC(=O)O)cc1Cl. The molecule has 1 unspecified atom stereocenters. The van der Waals surface area contributed by atoms with Gasteiger partial charge in [0.15, 0.2) is 0 Å². The van der Waals surface area contributed by atoms with Crippen LogP contribution in [-0.2, 0) is 11.2 Å². The Morgan fingerprint density at radius 3 is 2.82 bits per heavy atom. The molecule has 1 rings (SSSR count). The van der Waals surface area contributed by atoms with E-state index >= 15 is 0 Å². The fourth-order valence-electron chi connectivity index (χ4n) is 1.38. The zero-order valence-corrected chi connectivity index (χ0v) is 9.90. The van der Waals surface area contributed by atoms with Crippen molar-refractivity contribution < 1.29 is 19.4 Å². The van der Waals surface area contributed by atoms with Crippen LogP contribution in [0.4, 0.5) is 4.79 Å². The number of aldehydes is 1. The average molecular weight is 258 g/mol. The number of nitrogens with one attached hydrogen (secondary N) is 1. The number of benzene rings is 1. The molecule has 0 bridgehead atoms. The molecule has 1 aromatic rings. The van der Waals surface area contributed by atoms with E-state index in [0.717, 1.165) is 5.56 Å². The van der Waals surface area contributed by atoms with Crippen molar-refractivity contribution >= 4 is 24.0 Å². The number of hydrogen-bond acceptors (Lipinski definition) is 3. The summed E-state index contributed by atoms with van der Waals surface area (Å²) >= 11 is 5.91. The first-order chi connectivity index (χ1) is 8.06. The molecule has 5 nitrogen and oxygen atoms in total. The van der Waals surface area contributed by atoms with Gasteiger partial charge in [0.25, 0.3) is 0 Å². The molecular weight excluding hydrogens is 246 g/mol. The first-order valence-corrected chi connectivity index (χ1v) is 5.21. The van der Waals surface area contributed by atoms with Gasteiger partial charge in [0.2, 0.25) is 0 Å². The average Bonchev–Trinajstić information content (AvgIpc) is 2.27. The summed E-state index contributed by atoms with van der Waals surface area (Å²) in [7, 11) is 1.50. The first-order valence-electron chi connectivity index (χ1n) is 4.84. The van der Waals surface area contributed by atoms with Gasteiger partial charge in [-0.05, 0) is 24.1 Å². The van der Waals surface area contributed by atoms with Crippen molar-refractivity contribution in [1.82, 2.24) is 5.32 Å². The van der Waals surface area contributed by atoms with Gasteiger partial charge in [-0.3, -0.25) is 0 Å². The van der Waals surface area contributed by atoms with Crippen LogP contribution in [0.5, 0.6) is 5.75 Å². The van der Waals surface area contributed by atoms with Crippen molar-refractivity contribution in [3.8, 4) is 5.75 Å². The topological polar surface area (TPSA) is 75.6 Å². The fraction of sp³-hybridized carbons (Fsp3) is 0.273. The van der Waals surface area contributed by atoms with E-state index in [4.69, 9.17) is 21.4 Å². The predicted molar refractivity (Wildman–Crippen MR) is 62.7 cm³/mol. The molecule has 17 heavy (non-hydrogen) atoms. The molecule has 0 aromatic heterocycles. The van der Waals surface area contributed by atoms with Gasteiger partial charge in [0, 0.05) is 0 Å². The minimum absolute atomic E-state index is 0.250. The molecule has 2 N–H and O–H groups in total. The zero-order valence-electron chi connectivity index (χ0n) is 9.14. The number of methoxy groups -OCH3 is 1. The summed E-state index contributed by atoms with van der Waals surface area (Å²) in [5, 5.41) is 11.0. The fourth-order valence-corrected chi connectivity index (χ4v) is 1.66. The first kappa shape index (κ1) is 13.3. The smallest absolute Gasteiger partial charge is 0.405 e. The lowest BCUT2D eigenvalue weighted by Crippen LogP contribution is -2.36. The minimum atomic E-state index is -1.23. The van der Waals surface area contributed by atoms with Gasteiger partial charge >= 0.3 is 6.09 Å². The van der Waals surface area contributed by atoms with E-state index in [1.807, 2.05) is 0 Å². The highest BCUT2D eigenvalue weighted by atomic mass is 35.5. The highest BCUT2D eigenvalue weighted by Gasteiger charge is 2.12. The maximum atomic E-state index is 10.7. The summed E-state index contributed by atoms with van der Waals surface area (Å²) in [6, 6.07) is 4.25. The van der Waals surface area contributed by atoms with Crippen LogP contribution in [0.1, 0.15) is 5.56 Å². The van der Waals surface area contributed by atoms with Crippen molar-refractivity contribution in [1.29, 1.82) is 0 Å². The Balaban J connectivity index is 2.76. The maximum absolute atomic E-state index is 10.7. The molecule has 0 fully saturated rings. The molecule has 0 saturated heterocycles. The molecule has 1 amide bonds. The molecule has 0 aliphatic rings. The van der Waals surface area contributed by atoms with Crippen molar-refractivity contribution in [2.75, 3.05) is 7.11 Å². The van der Waals surface area contributed by atoms with Crippen LogP contribution in [0.3, 0.4) is 0 Å². The second kappa shape index (κ2) is 6.10. The highest BCUT2D eigenvalue weighted by molar-refractivity contribution is 6.32. The van der Waals surface area contributed by atoms with Gasteiger partial charge in [-0.25, -0.2) is 4.79 Å². The summed E-state index contributed by atoms with van der Waals surface area (Å²) in [5.74, 6) is 0.532. The van der Waals surface area contributed by atoms with Gasteiger partial charge in [-0.2, -0.15) is 0 Å². The molecule has 0 aliphatic heterocycles. The van der Waals surface area contributed by atoms with Crippen molar-refractivity contribution in [2.24, 2.45) is 0 Å². The number of amides is 1. The lowest BCUT2D eigenvalue weighted by molar-refractivity contribution is -0.109. The Labute approximate surface area is 103 Å². The van der Waals surface area contributed by atoms with Crippen molar-refractivity contribution in [3.63, 3.8) is 0 Å². The Bertz CT molecular complexity index is 422. The zero-order chi connectivity index (χ0) is 12.8. The normalized spacial score (nSPS) is 11.6. The number of ether oxygens (including phenoxy) is 1. The van der Waals surface area contributed by atoms with Gasteiger partial charge in [-0.1, -0.05) is 17.7 Å². The van der Waals surface area contributed by atoms with Gasteiger partial charge < -0.3 is 20.0 Å². The van der Waals surface area contributed by atoms with E-state index in [1.165, 1.54) is 7.11 Å². The number of carboxylic acid groups (broad SMARTS) is 1. The molecular formula is C11H12ClNO4. The quantitative estimate of drug-likeness (QED) is 0.788. The summed E-state index contributed by atoms with van der Waals surface area (Å²) in [6.07, 6.45) is -0.437. The largest absolute Gasteiger partial charge is 0.495 e. The standard InChI is InChI=1S/C11H12ClNO4/c1-17-10-3-2-7(5-9(10)12)4-8(6-14)13-11(15)16/h2-3,5-6,8,13H,4H2,1H3,(H,15,16). The van der Waals surface area contributed by atoms with E-state index in [-0.39, 0.29) is 6.42 Å². The molecule has 92 valence electrons. The Morgan fingerprint density at radius 2 is 2.35 bits per heavy atom. The summed E-state index contributed by atoms with van der Waals surface area (Å²) < 4.78 is 4.98.